The van der Waals surface area contributed by atoms with Crippen LogP contribution < -0.4 is 14.4 Å². The average Bonchev–Trinajstić information content (AvgIpc) is 3.40. The highest BCUT2D eigenvalue weighted by Gasteiger charge is 2.31. The molecular weight excluding hydrogens is 663 g/mol. The minimum Gasteiger partial charge on any atom is -0.748 e. The summed E-state index contributed by atoms with van der Waals surface area (Å²) in [5, 5.41) is 19.7. The number of rotatable bonds is 12. The number of anilines is 2. The summed E-state index contributed by atoms with van der Waals surface area (Å²) in [6, 6.07) is 10.7. The van der Waals surface area contributed by atoms with Gasteiger partial charge in [0.05, 0.1) is 65.9 Å². The van der Waals surface area contributed by atoms with Crippen LogP contribution in [0.25, 0.3) is 17.1 Å². The summed E-state index contributed by atoms with van der Waals surface area (Å²) in [5.41, 5.74) is 3.18. The second-order valence-corrected chi connectivity index (χ2v) is 14.0. The van der Waals surface area contributed by atoms with E-state index in [1.54, 1.807) is 42.5 Å². The van der Waals surface area contributed by atoms with Crippen LogP contribution in [0.5, 0.6) is 0 Å². The Morgan fingerprint density at radius 3 is 2.07 bits per heavy atom. The fraction of sp³-hybridized carbons (Fsp3) is 0.345. The van der Waals surface area contributed by atoms with E-state index in [2.05, 4.69) is 12.1 Å². The van der Waals surface area contributed by atoms with Gasteiger partial charge in [0.15, 0.2) is 11.0 Å². The normalized spacial score (nSPS) is 14.4. The van der Waals surface area contributed by atoms with E-state index in [4.69, 9.17) is 23.2 Å². The van der Waals surface area contributed by atoms with Crippen LogP contribution in [0.15, 0.2) is 42.2 Å². The van der Waals surface area contributed by atoms with E-state index in [1.807, 2.05) is 32.8 Å². The zero-order valence-electron chi connectivity index (χ0n) is 24.4. The van der Waals surface area contributed by atoms with Crippen molar-refractivity contribution in [2.24, 2.45) is 0 Å². The number of aryl methyl sites for hydroxylation is 2. The molecule has 0 fully saturated rings. The summed E-state index contributed by atoms with van der Waals surface area (Å²) >= 11 is 12.7. The second-order valence-electron chi connectivity index (χ2n) is 10.1. The summed E-state index contributed by atoms with van der Waals surface area (Å²) in [7, 11) is -8.88. The first-order chi connectivity index (χ1) is 21.2. The van der Waals surface area contributed by atoms with Gasteiger partial charge in [0.25, 0.3) is 5.82 Å². The molecule has 4 rings (SSSR count). The first-order valence-electron chi connectivity index (χ1n) is 13.9. The van der Waals surface area contributed by atoms with Crippen LogP contribution in [0.2, 0.25) is 10.0 Å². The van der Waals surface area contributed by atoms with Gasteiger partial charge >= 0.3 is 0 Å². The molecule has 1 aliphatic heterocycles. The van der Waals surface area contributed by atoms with Crippen molar-refractivity contribution in [2.45, 2.75) is 39.8 Å². The SMILES string of the molecule is CCN1C(=CC=Cc2n(CC)c3cc(Cl)c(C#N)cc3[n+]2CCCS(=O)(=O)[O-])N(CCCS(=O)(=O)[O-])c2cc(C#N)c(Cl)cc21. The highest BCUT2D eigenvalue weighted by atomic mass is 35.5. The van der Waals surface area contributed by atoms with Gasteiger partial charge in [-0.1, -0.05) is 29.3 Å². The van der Waals surface area contributed by atoms with E-state index >= 15 is 0 Å². The van der Waals surface area contributed by atoms with Gasteiger partial charge in [-0.15, -0.1) is 0 Å². The number of halogens is 2. The van der Waals surface area contributed by atoms with E-state index in [0.717, 1.165) is 0 Å². The molecule has 3 aromatic rings. The van der Waals surface area contributed by atoms with E-state index < -0.39 is 31.7 Å². The van der Waals surface area contributed by atoms with Crippen molar-refractivity contribution in [3.8, 4) is 12.1 Å². The number of hydrogen-bond acceptors (Lipinski definition) is 10. The molecule has 0 atom stereocenters. The van der Waals surface area contributed by atoms with Gasteiger partial charge in [-0.05, 0) is 44.9 Å². The molecule has 0 bridgehead atoms. The van der Waals surface area contributed by atoms with Crippen molar-refractivity contribution in [2.75, 3.05) is 34.4 Å². The number of hydrogen-bond donors (Lipinski definition) is 0. The Hall–Kier alpha value is -3.63. The summed E-state index contributed by atoms with van der Waals surface area (Å²) < 4.78 is 71.8. The number of nitriles is 2. The van der Waals surface area contributed by atoms with Crippen molar-refractivity contribution in [1.29, 1.82) is 10.5 Å². The van der Waals surface area contributed by atoms with Crippen LogP contribution in [0.3, 0.4) is 0 Å². The fourth-order valence-electron chi connectivity index (χ4n) is 5.44. The zero-order chi connectivity index (χ0) is 33.1. The number of aromatic nitrogens is 2. The molecule has 0 amide bonds. The monoisotopic (exact) mass is 691 g/mol. The van der Waals surface area contributed by atoms with Crippen molar-refractivity contribution in [1.82, 2.24) is 4.57 Å². The van der Waals surface area contributed by atoms with Crippen LogP contribution >= 0.6 is 23.2 Å². The molecule has 0 spiro atoms. The van der Waals surface area contributed by atoms with Gasteiger partial charge in [-0.25, -0.2) is 26.0 Å². The van der Waals surface area contributed by atoms with Gasteiger partial charge in [-0.2, -0.15) is 10.5 Å². The molecule has 0 saturated heterocycles. The number of fused-ring (bicyclic) bond motifs is 2. The van der Waals surface area contributed by atoms with Gasteiger partial charge in [-0.3, -0.25) is 0 Å². The average molecular weight is 693 g/mol. The van der Waals surface area contributed by atoms with Gasteiger partial charge in [0.1, 0.15) is 18.0 Å². The first kappa shape index (κ1) is 34.2. The molecule has 16 heteroatoms. The smallest absolute Gasteiger partial charge is 0.282 e. The maximum Gasteiger partial charge on any atom is 0.282 e. The Morgan fingerprint density at radius 2 is 1.47 bits per heavy atom. The molecule has 238 valence electrons. The lowest BCUT2D eigenvalue weighted by molar-refractivity contribution is -0.673. The third-order valence-electron chi connectivity index (χ3n) is 7.31. The van der Waals surface area contributed by atoms with Crippen LogP contribution in [0.4, 0.5) is 11.4 Å². The van der Waals surface area contributed by atoms with Crippen LogP contribution in [-0.2, 0) is 33.3 Å². The van der Waals surface area contributed by atoms with Crippen LogP contribution in [0.1, 0.15) is 43.6 Å². The second kappa shape index (κ2) is 13.8. The molecule has 1 aromatic heterocycles. The lowest BCUT2D eigenvalue weighted by Crippen LogP contribution is -2.37. The number of benzene rings is 2. The molecule has 45 heavy (non-hydrogen) atoms. The van der Waals surface area contributed by atoms with Crippen molar-refractivity contribution < 1.29 is 30.5 Å². The van der Waals surface area contributed by atoms with Gasteiger partial charge in [0, 0.05) is 42.8 Å². The topological polar surface area (TPSA) is 177 Å². The Labute approximate surface area is 272 Å². The maximum atomic E-state index is 11.3. The maximum absolute atomic E-state index is 11.3. The summed E-state index contributed by atoms with van der Waals surface area (Å²) in [6.07, 6.45) is 5.45. The number of allylic oxidation sites excluding steroid dienone is 2. The van der Waals surface area contributed by atoms with Crippen molar-refractivity contribution >= 4 is 71.9 Å². The molecule has 2 aromatic carbocycles. The summed E-state index contributed by atoms with van der Waals surface area (Å²) in [5.74, 6) is 0.179. The first-order valence-corrected chi connectivity index (χ1v) is 17.8. The quantitative estimate of drug-likeness (QED) is 0.199. The summed E-state index contributed by atoms with van der Waals surface area (Å²) in [4.78, 5) is 3.77. The molecule has 0 unspecified atom stereocenters. The lowest BCUT2D eigenvalue weighted by Gasteiger charge is -2.24. The van der Waals surface area contributed by atoms with Crippen LogP contribution in [0, 0.1) is 22.7 Å². The predicted molar refractivity (Wildman–Crippen MR) is 170 cm³/mol. The minimum atomic E-state index is -4.44. The Morgan fingerprint density at radius 1 is 0.867 bits per heavy atom. The molecule has 0 aliphatic carbocycles. The molecule has 2 heterocycles. The van der Waals surface area contributed by atoms with E-state index in [9.17, 15) is 36.5 Å². The fourth-order valence-corrected chi connectivity index (χ4v) is 6.80. The molecule has 12 nitrogen and oxygen atoms in total. The Bertz CT molecular complexity index is 2010. The Kier molecular flexibility index (Phi) is 10.5. The van der Waals surface area contributed by atoms with E-state index in [1.165, 1.54) is 0 Å². The molecule has 0 saturated carbocycles. The third-order valence-corrected chi connectivity index (χ3v) is 9.52. The van der Waals surface area contributed by atoms with Crippen LogP contribution in [-0.4, -0.2) is 55.1 Å². The van der Waals surface area contributed by atoms with Crippen molar-refractivity contribution in [3.63, 3.8) is 0 Å². The standard InChI is InChI=1S/C29H30Cl2N6O6S2/c1-3-34-26-16-22(30)20(18-32)14-24(26)36(10-6-12-44(38,39)40)28(34)8-5-9-29-35(4-2)27-17-23(31)21(19-33)15-25(27)37(29)11-7-13-45(41,42)43/h5,8-9,14-17H,3-4,6-7,10-13H2,1-2H3,(H-,38,39,40,41,42,43)/p-1. The molecule has 0 N–H and O–H groups in total. The summed E-state index contributed by atoms with van der Waals surface area (Å²) in [6.45, 7) is 5.18. The molecule has 0 radical (unpaired) electrons. The molecule has 1 aliphatic rings. The largest absolute Gasteiger partial charge is 0.748 e. The minimum absolute atomic E-state index is 0.0447. The van der Waals surface area contributed by atoms with E-state index in [0.29, 0.717) is 47.1 Å². The highest BCUT2D eigenvalue weighted by Crippen LogP contribution is 2.44. The highest BCUT2D eigenvalue weighted by molar-refractivity contribution is 7.85. The predicted octanol–water partition coefficient (Wildman–Crippen LogP) is 4.07. The van der Waals surface area contributed by atoms with Gasteiger partial charge < -0.3 is 18.9 Å². The third kappa shape index (κ3) is 7.61. The van der Waals surface area contributed by atoms with Gasteiger partial charge in [0.2, 0.25) is 0 Å². The van der Waals surface area contributed by atoms with E-state index in [-0.39, 0.29) is 47.1 Å². The zero-order valence-corrected chi connectivity index (χ0v) is 27.5. The lowest BCUT2D eigenvalue weighted by atomic mass is 10.1. The van der Waals surface area contributed by atoms with Crippen molar-refractivity contribution in [3.05, 3.63) is 69.2 Å². The number of imidazole rings is 1. The molecular formula is C29H29Cl2N6O6S2-. The number of nitrogens with zero attached hydrogens (tertiary/aromatic N) is 6. The Balaban J connectivity index is 1.84.